The van der Waals surface area contributed by atoms with Gasteiger partial charge in [0.05, 0.1) is 6.20 Å². The third-order valence-electron chi connectivity index (χ3n) is 2.56. The standard InChI is InChI=1S/C9H12F3N3O4S/c1-3-5-13-4-6(14-5)20(18,19)15-8(2,7(16)17)9(10,11)12/h4,15H,3H2,1-2H3,(H,13,14)(H,16,17). The summed E-state index contributed by atoms with van der Waals surface area (Å²) in [5.41, 5.74) is -3.64. The van der Waals surface area contributed by atoms with E-state index in [4.69, 9.17) is 5.11 Å². The highest BCUT2D eigenvalue weighted by Gasteiger charge is 2.59. The van der Waals surface area contributed by atoms with Gasteiger partial charge in [0.25, 0.3) is 10.0 Å². The number of hydrogen-bond acceptors (Lipinski definition) is 4. The summed E-state index contributed by atoms with van der Waals surface area (Å²) < 4.78 is 62.9. The van der Waals surface area contributed by atoms with Gasteiger partial charge in [-0.2, -0.15) is 17.9 Å². The molecule has 1 atom stereocenters. The Morgan fingerprint density at radius 1 is 1.50 bits per heavy atom. The number of halogens is 3. The summed E-state index contributed by atoms with van der Waals surface area (Å²) in [7, 11) is -4.70. The van der Waals surface area contributed by atoms with Gasteiger partial charge in [0, 0.05) is 6.42 Å². The van der Waals surface area contributed by atoms with Crippen LogP contribution in [0.5, 0.6) is 0 Å². The SMILES string of the molecule is CCc1ncc(S(=O)(=O)NC(C)(C(=O)O)C(F)(F)F)[nH]1. The predicted octanol–water partition coefficient (Wildman–Crippen LogP) is 0.656. The molecule has 0 aliphatic heterocycles. The van der Waals surface area contributed by atoms with Crippen LogP contribution < -0.4 is 4.72 Å². The van der Waals surface area contributed by atoms with E-state index in [-0.39, 0.29) is 12.7 Å². The summed E-state index contributed by atoms with van der Waals surface area (Å²) in [6.07, 6.45) is -4.15. The zero-order valence-electron chi connectivity index (χ0n) is 10.4. The number of sulfonamides is 1. The van der Waals surface area contributed by atoms with Crippen LogP contribution in [0.15, 0.2) is 11.2 Å². The van der Waals surface area contributed by atoms with Crippen molar-refractivity contribution in [2.45, 2.75) is 37.0 Å². The Morgan fingerprint density at radius 3 is 2.40 bits per heavy atom. The maximum Gasteiger partial charge on any atom is 0.418 e. The second-order valence-electron chi connectivity index (χ2n) is 4.08. The highest BCUT2D eigenvalue weighted by Crippen LogP contribution is 2.31. The number of H-pyrrole nitrogens is 1. The van der Waals surface area contributed by atoms with Gasteiger partial charge in [0.1, 0.15) is 5.82 Å². The van der Waals surface area contributed by atoms with E-state index in [2.05, 4.69) is 9.97 Å². The number of alkyl halides is 3. The largest absolute Gasteiger partial charge is 0.480 e. The number of nitrogens with zero attached hydrogens (tertiary/aromatic N) is 1. The van der Waals surface area contributed by atoms with Crippen molar-refractivity contribution < 1.29 is 31.5 Å². The molecule has 0 radical (unpaired) electrons. The zero-order chi connectivity index (χ0) is 15.8. The van der Waals surface area contributed by atoms with E-state index in [1.807, 2.05) is 0 Å². The first-order chi connectivity index (χ1) is 8.94. The number of hydrogen-bond donors (Lipinski definition) is 3. The highest BCUT2D eigenvalue weighted by atomic mass is 32.2. The number of aromatic amines is 1. The number of nitrogens with one attached hydrogen (secondary N) is 2. The number of aliphatic carboxylic acids is 1. The molecular formula is C9H12F3N3O4S. The molecule has 0 aliphatic carbocycles. The Bertz CT molecular complexity index is 610. The number of carbonyl (C=O) groups is 1. The first-order valence-corrected chi connectivity index (χ1v) is 6.80. The molecular weight excluding hydrogens is 303 g/mol. The van der Waals surface area contributed by atoms with Gasteiger partial charge in [0.2, 0.25) is 5.54 Å². The third-order valence-corrected chi connectivity index (χ3v) is 4.03. The first kappa shape index (κ1) is 16.4. The second-order valence-corrected chi connectivity index (χ2v) is 5.73. The highest BCUT2D eigenvalue weighted by molar-refractivity contribution is 7.89. The lowest BCUT2D eigenvalue weighted by atomic mass is 10.0. The molecule has 7 nitrogen and oxygen atoms in total. The normalized spacial score (nSPS) is 15.8. The molecule has 1 unspecified atom stereocenters. The molecule has 1 aromatic rings. The molecule has 3 N–H and O–H groups in total. The summed E-state index contributed by atoms with van der Waals surface area (Å²) in [5.74, 6) is -2.11. The van der Waals surface area contributed by atoms with E-state index in [1.54, 1.807) is 6.92 Å². The number of aryl methyl sites for hydroxylation is 1. The van der Waals surface area contributed by atoms with Gasteiger partial charge in [0.15, 0.2) is 5.03 Å². The summed E-state index contributed by atoms with van der Waals surface area (Å²) in [4.78, 5) is 16.7. The molecule has 0 fully saturated rings. The van der Waals surface area contributed by atoms with Crippen molar-refractivity contribution in [2.75, 3.05) is 0 Å². The van der Waals surface area contributed by atoms with Crippen molar-refractivity contribution in [1.82, 2.24) is 14.7 Å². The summed E-state index contributed by atoms with van der Waals surface area (Å²) in [6.45, 7) is 1.88. The lowest BCUT2D eigenvalue weighted by Gasteiger charge is -2.27. The van der Waals surface area contributed by atoms with Crippen molar-refractivity contribution in [2.24, 2.45) is 0 Å². The van der Waals surface area contributed by atoms with E-state index in [0.717, 1.165) is 10.9 Å². The number of carboxylic acids is 1. The minimum atomic E-state index is -5.31. The minimum Gasteiger partial charge on any atom is -0.480 e. The lowest BCUT2D eigenvalue weighted by Crippen LogP contribution is -2.61. The zero-order valence-corrected chi connectivity index (χ0v) is 11.3. The molecule has 11 heteroatoms. The molecule has 1 rings (SSSR count). The van der Waals surface area contributed by atoms with E-state index in [9.17, 15) is 26.4 Å². The number of imidazole rings is 1. The molecule has 0 amide bonds. The topological polar surface area (TPSA) is 112 Å². The van der Waals surface area contributed by atoms with E-state index in [0.29, 0.717) is 6.42 Å². The maximum absolute atomic E-state index is 12.7. The van der Waals surface area contributed by atoms with Crippen LogP contribution in [-0.2, 0) is 21.2 Å². The van der Waals surface area contributed by atoms with Crippen LogP contribution in [0.4, 0.5) is 13.2 Å². The maximum atomic E-state index is 12.7. The molecule has 20 heavy (non-hydrogen) atoms. The van der Waals surface area contributed by atoms with Gasteiger partial charge in [-0.05, 0) is 6.92 Å². The summed E-state index contributed by atoms with van der Waals surface area (Å²) >= 11 is 0. The Balaban J connectivity index is 3.20. The molecule has 114 valence electrons. The number of aromatic nitrogens is 2. The fraction of sp³-hybridized carbons (Fsp3) is 0.556. The molecule has 0 spiro atoms. The molecule has 1 heterocycles. The minimum absolute atomic E-state index is 0.226. The van der Waals surface area contributed by atoms with Gasteiger partial charge in [-0.15, -0.1) is 0 Å². The van der Waals surface area contributed by atoms with Crippen LogP contribution >= 0.6 is 0 Å². The fourth-order valence-electron chi connectivity index (χ4n) is 1.21. The van der Waals surface area contributed by atoms with Crippen LogP contribution in [0.25, 0.3) is 0 Å². The van der Waals surface area contributed by atoms with Crippen molar-refractivity contribution >= 4 is 16.0 Å². The fourth-order valence-corrected chi connectivity index (χ4v) is 2.50. The second kappa shape index (κ2) is 5.05. The Morgan fingerprint density at radius 2 is 2.05 bits per heavy atom. The van der Waals surface area contributed by atoms with Gasteiger partial charge >= 0.3 is 12.1 Å². The average Bonchev–Trinajstić information content (AvgIpc) is 2.75. The van der Waals surface area contributed by atoms with Crippen molar-refractivity contribution in [3.8, 4) is 0 Å². The molecule has 0 bridgehead atoms. The molecule has 0 saturated carbocycles. The van der Waals surface area contributed by atoms with Crippen LogP contribution in [-0.4, -0.2) is 41.2 Å². The lowest BCUT2D eigenvalue weighted by molar-refractivity contribution is -0.201. The average molecular weight is 315 g/mol. The van der Waals surface area contributed by atoms with Gasteiger partial charge in [-0.25, -0.2) is 18.2 Å². The van der Waals surface area contributed by atoms with Gasteiger partial charge in [-0.1, -0.05) is 6.92 Å². The Labute approximate surface area is 112 Å². The van der Waals surface area contributed by atoms with Crippen LogP contribution in [0.1, 0.15) is 19.7 Å². The molecule has 0 aromatic carbocycles. The van der Waals surface area contributed by atoms with Gasteiger partial charge < -0.3 is 10.1 Å². The van der Waals surface area contributed by atoms with Crippen molar-refractivity contribution in [3.05, 3.63) is 12.0 Å². The Hall–Kier alpha value is -1.62. The van der Waals surface area contributed by atoms with E-state index in [1.165, 1.54) is 0 Å². The van der Waals surface area contributed by atoms with E-state index < -0.39 is 32.7 Å². The molecule has 0 saturated heterocycles. The van der Waals surface area contributed by atoms with Gasteiger partial charge in [-0.3, -0.25) is 0 Å². The van der Waals surface area contributed by atoms with Crippen molar-refractivity contribution in [1.29, 1.82) is 0 Å². The monoisotopic (exact) mass is 315 g/mol. The smallest absolute Gasteiger partial charge is 0.418 e. The van der Waals surface area contributed by atoms with Crippen LogP contribution in [0.3, 0.4) is 0 Å². The Kier molecular flexibility index (Phi) is 4.15. The van der Waals surface area contributed by atoms with Crippen LogP contribution in [0.2, 0.25) is 0 Å². The molecule has 1 aromatic heterocycles. The van der Waals surface area contributed by atoms with Crippen LogP contribution in [0, 0.1) is 0 Å². The third kappa shape index (κ3) is 2.93. The predicted molar refractivity (Wildman–Crippen MR) is 60.4 cm³/mol. The number of rotatable bonds is 5. The summed E-state index contributed by atoms with van der Waals surface area (Å²) in [5, 5.41) is 8.02. The number of carboxylic acid groups (broad SMARTS) is 1. The molecule has 0 aliphatic rings. The van der Waals surface area contributed by atoms with E-state index >= 15 is 0 Å². The summed E-state index contributed by atoms with van der Waals surface area (Å²) in [6, 6.07) is 0. The van der Waals surface area contributed by atoms with Crippen molar-refractivity contribution in [3.63, 3.8) is 0 Å². The quantitative estimate of drug-likeness (QED) is 0.739. The first-order valence-electron chi connectivity index (χ1n) is 5.32.